The number of aromatic nitrogens is 5. The number of rotatable bonds is 4. The molecule has 29 heavy (non-hydrogen) atoms. The molecule has 0 saturated heterocycles. The van der Waals surface area contributed by atoms with Gasteiger partial charge in [0.15, 0.2) is 11.5 Å². The predicted octanol–water partition coefficient (Wildman–Crippen LogP) is 3.33. The minimum absolute atomic E-state index is 0.164. The average molecular weight is 391 g/mol. The highest BCUT2D eigenvalue weighted by atomic mass is 19.1. The molecule has 1 saturated carbocycles. The minimum Gasteiger partial charge on any atom is -0.337 e. The maximum absolute atomic E-state index is 13.1. The van der Waals surface area contributed by atoms with Crippen molar-refractivity contribution < 1.29 is 8.91 Å². The van der Waals surface area contributed by atoms with Crippen molar-refractivity contribution in [2.75, 3.05) is 0 Å². The van der Waals surface area contributed by atoms with E-state index >= 15 is 0 Å². The first-order valence-corrected chi connectivity index (χ1v) is 9.47. The molecule has 0 bridgehead atoms. The molecule has 1 aromatic carbocycles. The van der Waals surface area contributed by atoms with Crippen LogP contribution in [-0.4, -0.2) is 24.7 Å². The van der Waals surface area contributed by atoms with Gasteiger partial charge in [0, 0.05) is 12.1 Å². The number of hydrogen-bond acceptors (Lipinski definition) is 6. The summed E-state index contributed by atoms with van der Waals surface area (Å²) in [4.78, 5) is 25.6. The number of fused-ring (bicyclic) bond motifs is 1. The van der Waals surface area contributed by atoms with Crippen LogP contribution < -0.4 is 5.56 Å². The van der Waals surface area contributed by atoms with Crippen molar-refractivity contribution >= 4 is 11.0 Å². The predicted molar refractivity (Wildman–Crippen MR) is 103 cm³/mol. The Kier molecular flexibility index (Phi) is 4.19. The van der Waals surface area contributed by atoms with Crippen LogP contribution in [-0.2, 0) is 6.54 Å². The zero-order valence-corrected chi connectivity index (χ0v) is 15.7. The van der Waals surface area contributed by atoms with Crippen molar-refractivity contribution in [3.63, 3.8) is 0 Å². The molecule has 0 unspecified atom stereocenters. The molecule has 0 aliphatic heterocycles. The topological polar surface area (TPSA) is 86.7 Å². The quantitative estimate of drug-likeness (QED) is 0.530. The Labute approximate surface area is 165 Å². The van der Waals surface area contributed by atoms with Gasteiger partial charge in [-0.3, -0.25) is 9.36 Å². The Morgan fingerprint density at radius 1 is 1.14 bits per heavy atom. The van der Waals surface area contributed by atoms with Crippen LogP contribution in [0.1, 0.15) is 47.5 Å². The van der Waals surface area contributed by atoms with E-state index < -0.39 is 0 Å². The van der Waals surface area contributed by atoms with Crippen molar-refractivity contribution in [1.82, 2.24) is 24.7 Å². The van der Waals surface area contributed by atoms with Gasteiger partial charge in [0.05, 0.1) is 5.39 Å². The van der Waals surface area contributed by atoms with Crippen molar-refractivity contribution in [3.8, 4) is 0 Å². The number of pyridine rings is 1. The fourth-order valence-electron chi connectivity index (χ4n) is 3.82. The lowest BCUT2D eigenvalue weighted by Gasteiger charge is -2.33. The van der Waals surface area contributed by atoms with E-state index in [4.69, 9.17) is 4.52 Å². The third-order valence-corrected chi connectivity index (χ3v) is 5.57. The third-order valence-electron chi connectivity index (χ3n) is 5.57. The zero-order chi connectivity index (χ0) is 20.0. The summed E-state index contributed by atoms with van der Waals surface area (Å²) in [5, 5.41) is 4.59. The molecule has 1 aliphatic rings. The molecule has 0 atom stereocenters. The molecule has 0 amide bonds. The van der Waals surface area contributed by atoms with Gasteiger partial charge in [0.2, 0.25) is 5.89 Å². The van der Waals surface area contributed by atoms with E-state index in [1.165, 1.54) is 23.0 Å². The molecule has 3 aromatic heterocycles. The van der Waals surface area contributed by atoms with Crippen molar-refractivity contribution in [2.45, 2.75) is 38.1 Å². The summed E-state index contributed by atoms with van der Waals surface area (Å²) in [7, 11) is 0. The summed E-state index contributed by atoms with van der Waals surface area (Å²) in [6.07, 6.45) is 4.88. The average Bonchev–Trinajstić information content (AvgIpc) is 3.12. The number of hydrogen-bond donors (Lipinski definition) is 0. The Bertz CT molecular complexity index is 1240. The minimum atomic E-state index is -0.225. The number of aryl methyl sites for hydroxylation is 1. The fraction of sp³-hybridized carbons (Fsp3) is 0.286. The van der Waals surface area contributed by atoms with E-state index in [0.717, 1.165) is 24.0 Å². The smallest absolute Gasteiger partial charge is 0.263 e. The van der Waals surface area contributed by atoms with Crippen LogP contribution in [0.25, 0.3) is 11.0 Å². The highest BCUT2D eigenvalue weighted by Crippen LogP contribution is 2.46. The van der Waals surface area contributed by atoms with Gasteiger partial charge in [0.1, 0.15) is 18.7 Å². The lowest BCUT2D eigenvalue weighted by Crippen LogP contribution is -2.23. The molecule has 3 heterocycles. The van der Waals surface area contributed by atoms with Crippen LogP contribution in [0.15, 0.2) is 52.2 Å². The van der Waals surface area contributed by atoms with Crippen LogP contribution in [0.2, 0.25) is 0 Å². The second-order valence-corrected chi connectivity index (χ2v) is 7.47. The second-order valence-electron chi connectivity index (χ2n) is 7.47. The normalized spacial score (nSPS) is 18.7. The van der Waals surface area contributed by atoms with Crippen molar-refractivity contribution in [1.29, 1.82) is 0 Å². The van der Waals surface area contributed by atoms with Crippen LogP contribution in [0.4, 0.5) is 4.39 Å². The Balaban J connectivity index is 1.31. The fourth-order valence-corrected chi connectivity index (χ4v) is 3.82. The van der Waals surface area contributed by atoms with Crippen LogP contribution in [0.5, 0.6) is 0 Å². The van der Waals surface area contributed by atoms with Crippen LogP contribution in [0, 0.1) is 12.7 Å². The molecular formula is C21H18FN5O2. The highest BCUT2D eigenvalue weighted by Gasteiger charge is 2.34. The Morgan fingerprint density at radius 3 is 2.72 bits per heavy atom. The summed E-state index contributed by atoms with van der Waals surface area (Å²) in [5.74, 6) is 1.38. The van der Waals surface area contributed by atoms with E-state index in [1.807, 2.05) is 19.1 Å². The van der Waals surface area contributed by atoms with E-state index in [-0.39, 0.29) is 23.8 Å². The van der Waals surface area contributed by atoms with Gasteiger partial charge in [-0.15, -0.1) is 0 Å². The summed E-state index contributed by atoms with van der Waals surface area (Å²) < 4.78 is 19.9. The summed E-state index contributed by atoms with van der Waals surface area (Å²) >= 11 is 0. The standard InChI is InChI=1S/C21H18FN5O2/c1-12-6-7-23-20-18(12)21(28)27(11-24-20)10-17-25-19(26-29-17)15-8-14(9-15)13-2-4-16(22)5-3-13/h2-7,11,14-15H,8-10H2,1H3/t14-,15-. The van der Waals surface area contributed by atoms with Gasteiger partial charge in [-0.25, -0.2) is 14.4 Å². The van der Waals surface area contributed by atoms with Crippen molar-refractivity contribution in [3.05, 3.63) is 81.9 Å². The molecule has 0 spiro atoms. The summed E-state index contributed by atoms with van der Waals surface area (Å²) in [5.41, 5.74) is 2.21. The Morgan fingerprint density at radius 2 is 1.93 bits per heavy atom. The summed E-state index contributed by atoms with van der Waals surface area (Å²) in [6.45, 7) is 2.02. The molecule has 1 aliphatic carbocycles. The lowest BCUT2D eigenvalue weighted by atomic mass is 9.71. The van der Waals surface area contributed by atoms with Gasteiger partial charge in [0.25, 0.3) is 5.56 Å². The molecular weight excluding hydrogens is 373 g/mol. The SMILES string of the molecule is Cc1ccnc2ncn(Cc3nc([C@H]4C[C@H](c5ccc(F)cc5)C4)no3)c(=O)c12. The second kappa shape index (κ2) is 6.88. The molecule has 4 aromatic rings. The molecule has 0 radical (unpaired) electrons. The van der Waals surface area contributed by atoms with E-state index in [0.29, 0.717) is 28.7 Å². The number of halogens is 1. The van der Waals surface area contributed by atoms with E-state index in [1.54, 1.807) is 12.3 Å². The van der Waals surface area contributed by atoms with Crippen LogP contribution in [0.3, 0.4) is 0 Å². The lowest BCUT2D eigenvalue weighted by molar-refractivity contribution is 0.315. The van der Waals surface area contributed by atoms with E-state index in [2.05, 4.69) is 20.1 Å². The first kappa shape index (κ1) is 17.7. The largest absolute Gasteiger partial charge is 0.337 e. The third kappa shape index (κ3) is 3.20. The molecule has 5 rings (SSSR count). The molecule has 7 nitrogen and oxygen atoms in total. The van der Waals surface area contributed by atoms with E-state index in [9.17, 15) is 9.18 Å². The Hall–Kier alpha value is -3.42. The number of benzene rings is 1. The van der Waals surface area contributed by atoms with Gasteiger partial charge in [-0.2, -0.15) is 4.98 Å². The first-order chi connectivity index (χ1) is 14.1. The summed E-state index contributed by atoms with van der Waals surface area (Å²) in [6, 6.07) is 8.42. The monoisotopic (exact) mass is 391 g/mol. The maximum Gasteiger partial charge on any atom is 0.263 e. The van der Waals surface area contributed by atoms with Crippen LogP contribution >= 0.6 is 0 Å². The number of nitrogens with zero attached hydrogens (tertiary/aromatic N) is 5. The molecule has 146 valence electrons. The van der Waals surface area contributed by atoms with Gasteiger partial charge < -0.3 is 4.52 Å². The van der Waals surface area contributed by atoms with Gasteiger partial charge >= 0.3 is 0 Å². The zero-order valence-electron chi connectivity index (χ0n) is 15.7. The first-order valence-electron chi connectivity index (χ1n) is 9.47. The molecule has 0 N–H and O–H groups in total. The molecule has 8 heteroatoms. The van der Waals surface area contributed by atoms with Crippen molar-refractivity contribution in [2.24, 2.45) is 0 Å². The molecule has 1 fully saturated rings. The van der Waals surface area contributed by atoms with Gasteiger partial charge in [-0.1, -0.05) is 17.3 Å². The maximum atomic E-state index is 13.1. The highest BCUT2D eigenvalue weighted by molar-refractivity contribution is 5.76. The van der Waals surface area contributed by atoms with Gasteiger partial charge in [-0.05, 0) is 55.0 Å².